The van der Waals surface area contributed by atoms with Gasteiger partial charge < -0.3 is 9.67 Å². The van der Waals surface area contributed by atoms with E-state index in [1.807, 2.05) is 39.0 Å². The van der Waals surface area contributed by atoms with Gasteiger partial charge in [0.15, 0.2) is 5.43 Å². The molecule has 30 heavy (non-hydrogen) atoms. The first-order valence-electron chi connectivity index (χ1n) is 9.64. The fourth-order valence-electron chi connectivity index (χ4n) is 4.10. The van der Waals surface area contributed by atoms with Crippen LogP contribution in [0, 0.1) is 5.41 Å². The first-order chi connectivity index (χ1) is 14.2. The molecule has 5 rings (SSSR count). The number of nitrogens with zero attached hydrogens (tertiary/aromatic N) is 4. The lowest BCUT2D eigenvalue weighted by atomic mass is 9.85. The molecule has 152 valence electrons. The molecule has 0 radical (unpaired) electrons. The zero-order chi connectivity index (χ0) is 21.2. The number of aromatic nitrogens is 4. The van der Waals surface area contributed by atoms with E-state index in [4.69, 9.17) is 5.10 Å². The van der Waals surface area contributed by atoms with Gasteiger partial charge >= 0.3 is 5.97 Å². The molecule has 0 aliphatic carbocycles. The molecule has 0 saturated heterocycles. The normalized spacial score (nSPS) is 15.8. The van der Waals surface area contributed by atoms with Gasteiger partial charge in [-0.05, 0) is 17.5 Å². The molecule has 1 aliphatic rings. The number of hydrogen-bond acceptors (Lipinski definition) is 5. The summed E-state index contributed by atoms with van der Waals surface area (Å²) in [6, 6.07) is 9.34. The molecular formula is C22H20N4O3S. The van der Waals surface area contributed by atoms with Crippen LogP contribution in [0.5, 0.6) is 0 Å². The van der Waals surface area contributed by atoms with Crippen LogP contribution in [0.4, 0.5) is 0 Å². The predicted octanol–water partition coefficient (Wildman–Crippen LogP) is 4.29. The summed E-state index contributed by atoms with van der Waals surface area (Å²) in [5.74, 6) is -1.21. The summed E-state index contributed by atoms with van der Waals surface area (Å²) < 4.78 is 4.94. The first-order valence-corrected chi connectivity index (χ1v) is 10.5. The van der Waals surface area contributed by atoms with Crippen molar-refractivity contribution in [3.8, 4) is 22.6 Å². The first kappa shape index (κ1) is 18.7. The number of aromatic carboxylic acids is 1. The van der Waals surface area contributed by atoms with E-state index in [0.29, 0.717) is 12.2 Å². The second-order valence-corrected chi connectivity index (χ2v) is 9.52. The minimum Gasteiger partial charge on any atom is -0.477 e. The molecule has 3 aromatic heterocycles. The van der Waals surface area contributed by atoms with E-state index in [1.54, 1.807) is 11.3 Å². The minimum atomic E-state index is -1.21. The number of carboxylic acids is 1. The lowest BCUT2D eigenvalue weighted by Crippen LogP contribution is -2.35. The van der Waals surface area contributed by atoms with Crippen LogP contribution < -0.4 is 5.43 Å². The van der Waals surface area contributed by atoms with Crippen LogP contribution in [-0.4, -0.2) is 30.4 Å². The Bertz CT molecular complexity index is 1370. The molecule has 8 heteroatoms. The third-order valence-corrected chi connectivity index (χ3v) is 6.46. The molecule has 0 spiro atoms. The Kier molecular flexibility index (Phi) is 3.98. The molecule has 1 aromatic carbocycles. The number of para-hydroxylation sites is 1. The quantitative estimate of drug-likeness (QED) is 0.523. The van der Waals surface area contributed by atoms with E-state index in [0.717, 1.165) is 27.2 Å². The molecule has 1 N–H and O–H groups in total. The van der Waals surface area contributed by atoms with Gasteiger partial charge in [-0.25, -0.2) is 9.78 Å². The molecule has 0 fully saturated rings. The van der Waals surface area contributed by atoms with E-state index in [9.17, 15) is 14.7 Å². The lowest BCUT2D eigenvalue weighted by molar-refractivity contribution is 0.0693. The number of pyridine rings is 1. The monoisotopic (exact) mass is 420 g/mol. The Labute approximate surface area is 176 Å². The molecule has 0 unspecified atom stereocenters. The van der Waals surface area contributed by atoms with Gasteiger partial charge in [0.2, 0.25) is 0 Å². The number of carboxylic acid groups (broad SMARTS) is 1. The maximum atomic E-state index is 12.5. The van der Waals surface area contributed by atoms with Crippen molar-refractivity contribution in [2.75, 3.05) is 0 Å². The fraction of sp³-hybridized carbons (Fsp3) is 0.273. The Hall–Kier alpha value is -3.26. The van der Waals surface area contributed by atoms with E-state index >= 15 is 0 Å². The Morgan fingerprint density at radius 2 is 2.03 bits per heavy atom. The van der Waals surface area contributed by atoms with Crippen LogP contribution in [0.1, 0.15) is 37.2 Å². The van der Waals surface area contributed by atoms with Crippen LogP contribution in [0.2, 0.25) is 0 Å². The highest BCUT2D eigenvalue weighted by atomic mass is 32.1. The molecule has 0 saturated carbocycles. The van der Waals surface area contributed by atoms with Crippen molar-refractivity contribution in [3.05, 3.63) is 57.8 Å². The number of fused-ring (bicyclic) bond motifs is 4. The molecular weight excluding hydrogens is 400 g/mol. The standard InChI is InChI=1S/C22H20N4O3S/c1-22(2,3)19-10-26-16(15-8-17(27)13(21(28)29)9-25(15)19)7-14(24-26)12-5-4-6-18-20(12)23-11-30-18/h4-9,11,19H,10H2,1-3H3,(H,28,29)/t19-/m0/s1. The smallest absolute Gasteiger partial charge is 0.341 e. The van der Waals surface area contributed by atoms with Crippen molar-refractivity contribution in [1.29, 1.82) is 0 Å². The van der Waals surface area contributed by atoms with Crippen molar-refractivity contribution in [3.63, 3.8) is 0 Å². The summed E-state index contributed by atoms with van der Waals surface area (Å²) in [4.78, 5) is 28.5. The van der Waals surface area contributed by atoms with Gasteiger partial charge in [0.1, 0.15) is 5.56 Å². The summed E-state index contributed by atoms with van der Waals surface area (Å²) in [5, 5.41) is 14.3. The molecule has 4 aromatic rings. The Morgan fingerprint density at radius 1 is 1.23 bits per heavy atom. The van der Waals surface area contributed by atoms with Crippen LogP contribution in [0.25, 0.3) is 32.9 Å². The van der Waals surface area contributed by atoms with E-state index < -0.39 is 11.4 Å². The number of carbonyl (C=O) groups is 1. The highest BCUT2D eigenvalue weighted by Gasteiger charge is 2.34. The second-order valence-electron chi connectivity index (χ2n) is 8.63. The average molecular weight is 420 g/mol. The van der Waals surface area contributed by atoms with Gasteiger partial charge in [0.25, 0.3) is 0 Å². The highest BCUT2D eigenvalue weighted by molar-refractivity contribution is 7.16. The van der Waals surface area contributed by atoms with Crippen LogP contribution in [0.15, 0.2) is 46.8 Å². The van der Waals surface area contributed by atoms with Crippen LogP contribution in [0.3, 0.4) is 0 Å². The van der Waals surface area contributed by atoms with E-state index in [2.05, 4.69) is 25.8 Å². The van der Waals surface area contributed by atoms with Gasteiger partial charge in [0, 0.05) is 17.8 Å². The summed E-state index contributed by atoms with van der Waals surface area (Å²) >= 11 is 1.58. The zero-order valence-electron chi connectivity index (χ0n) is 16.8. The molecule has 7 nitrogen and oxygen atoms in total. The second kappa shape index (κ2) is 6.37. The maximum absolute atomic E-state index is 12.5. The average Bonchev–Trinajstić information content (AvgIpc) is 3.32. The summed E-state index contributed by atoms with van der Waals surface area (Å²) in [5.41, 5.74) is 5.06. The molecule has 1 atom stereocenters. The Balaban J connectivity index is 1.75. The van der Waals surface area contributed by atoms with Crippen molar-refractivity contribution in [1.82, 2.24) is 19.3 Å². The number of benzene rings is 1. The van der Waals surface area contributed by atoms with Crippen molar-refractivity contribution < 1.29 is 9.90 Å². The molecule has 0 amide bonds. The topological polar surface area (TPSA) is 90.0 Å². The van der Waals surface area contributed by atoms with Gasteiger partial charge in [-0.15, -0.1) is 11.3 Å². The molecule has 1 aliphatic heterocycles. The van der Waals surface area contributed by atoms with Gasteiger partial charge in [-0.3, -0.25) is 9.48 Å². The predicted molar refractivity (Wildman–Crippen MR) is 116 cm³/mol. The van der Waals surface area contributed by atoms with E-state index in [-0.39, 0.29) is 17.0 Å². The number of thiazole rings is 1. The van der Waals surface area contributed by atoms with Crippen LogP contribution >= 0.6 is 11.3 Å². The zero-order valence-corrected chi connectivity index (χ0v) is 17.6. The van der Waals surface area contributed by atoms with Gasteiger partial charge in [0.05, 0.1) is 45.4 Å². The van der Waals surface area contributed by atoms with Crippen molar-refractivity contribution in [2.24, 2.45) is 5.41 Å². The fourth-order valence-corrected chi connectivity index (χ4v) is 4.81. The maximum Gasteiger partial charge on any atom is 0.341 e. The van der Waals surface area contributed by atoms with Gasteiger partial charge in [-0.1, -0.05) is 32.9 Å². The van der Waals surface area contributed by atoms with E-state index in [1.165, 1.54) is 12.3 Å². The Morgan fingerprint density at radius 3 is 2.77 bits per heavy atom. The number of rotatable bonds is 2. The third-order valence-electron chi connectivity index (χ3n) is 5.67. The third kappa shape index (κ3) is 2.79. The van der Waals surface area contributed by atoms with Crippen LogP contribution in [-0.2, 0) is 6.54 Å². The summed E-state index contributed by atoms with van der Waals surface area (Å²) in [6.07, 6.45) is 1.48. The minimum absolute atomic E-state index is 0.0542. The largest absolute Gasteiger partial charge is 0.477 e. The van der Waals surface area contributed by atoms with Crippen molar-refractivity contribution in [2.45, 2.75) is 33.4 Å². The molecule has 4 heterocycles. The molecule has 0 bridgehead atoms. The van der Waals surface area contributed by atoms with Crippen molar-refractivity contribution >= 4 is 27.5 Å². The lowest BCUT2D eigenvalue weighted by Gasteiger charge is -2.38. The van der Waals surface area contributed by atoms with Gasteiger partial charge in [-0.2, -0.15) is 5.10 Å². The SMILES string of the molecule is CC(C)(C)[C@@H]1Cn2nc(-c3cccc4scnc34)cc2-c2cc(=O)c(C(=O)O)cn21. The summed E-state index contributed by atoms with van der Waals surface area (Å²) in [6.45, 7) is 6.89. The highest BCUT2D eigenvalue weighted by Crippen LogP contribution is 2.41. The summed E-state index contributed by atoms with van der Waals surface area (Å²) in [7, 11) is 0. The number of hydrogen-bond donors (Lipinski definition) is 1.